The van der Waals surface area contributed by atoms with Crippen LogP contribution in [0.25, 0.3) is 0 Å². The second kappa shape index (κ2) is 11.1. The smallest absolute Gasteiger partial charge is 0.302 e. The number of aliphatic carboxylic acids is 1. The number of rotatable bonds is 12. The van der Waals surface area contributed by atoms with Crippen LogP contribution in [0.1, 0.15) is 6.92 Å². The molecule has 1 unspecified atom stereocenters. The Morgan fingerprint density at radius 2 is 1.90 bits per heavy atom. The van der Waals surface area contributed by atoms with Gasteiger partial charge in [-0.05, 0) is 0 Å². The zero-order chi connectivity index (χ0) is 21.4. The number of nitrogens with zero attached hydrogens (tertiary/aromatic N) is 1. The number of carboxylic acids is 1. The summed E-state index contributed by atoms with van der Waals surface area (Å²) in [5.41, 5.74) is -0.0358. The van der Waals surface area contributed by atoms with Crippen LogP contribution in [0.4, 0.5) is 0 Å². The van der Waals surface area contributed by atoms with E-state index in [2.05, 4.69) is 5.32 Å². The van der Waals surface area contributed by atoms with E-state index in [4.69, 9.17) is 18.9 Å². The van der Waals surface area contributed by atoms with Gasteiger partial charge in [-0.25, -0.2) is 0 Å². The van der Waals surface area contributed by atoms with Crippen LogP contribution in [0.2, 0.25) is 0 Å². The Bertz CT molecular complexity index is 682. The van der Waals surface area contributed by atoms with E-state index in [0.717, 1.165) is 4.90 Å². The zero-order valence-electron chi connectivity index (χ0n) is 16.1. The third kappa shape index (κ3) is 6.16. The molecule has 1 N–H and O–H groups in total. The Morgan fingerprint density at radius 3 is 2.55 bits per heavy atom. The molecule has 0 bridgehead atoms. The second-order valence-corrected chi connectivity index (χ2v) is 7.24. The highest BCUT2D eigenvalue weighted by atomic mass is 32.2. The van der Waals surface area contributed by atoms with Gasteiger partial charge in [-0.2, -0.15) is 0 Å². The first-order valence-electron chi connectivity index (χ1n) is 8.82. The molecule has 11 nitrogen and oxygen atoms in total. The molecule has 0 aromatic carbocycles. The van der Waals surface area contributed by atoms with Gasteiger partial charge in [-0.1, -0.05) is 0 Å². The number of esters is 1. The highest BCUT2D eigenvalue weighted by Gasteiger charge is 2.52. The van der Waals surface area contributed by atoms with Gasteiger partial charge in [0.2, 0.25) is 5.91 Å². The molecule has 2 amide bonds. The minimum atomic E-state index is -1.53. The fourth-order valence-electron chi connectivity index (χ4n) is 2.71. The number of carbonyl (C=O) groups is 4. The van der Waals surface area contributed by atoms with Gasteiger partial charge in [0.05, 0.1) is 38.1 Å². The monoisotopic (exact) mass is 431 g/mol. The predicted octanol–water partition coefficient (Wildman–Crippen LogP) is -2.37. The first kappa shape index (κ1) is 23.1. The Morgan fingerprint density at radius 1 is 1.21 bits per heavy atom. The molecule has 2 rings (SSSR count). The molecule has 0 saturated carbocycles. The Hall–Kier alpha value is -2.15. The largest absolute Gasteiger partial charge is 0.543 e. The first-order chi connectivity index (χ1) is 13.9. The van der Waals surface area contributed by atoms with E-state index in [9.17, 15) is 24.3 Å². The molecule has 0 aromatic rings. The number of amides is 2. The van der Waals surface area contributed by atoms with Gasteiger partial charge in [0.1, 0.15) is 24.6 Å². The van der Waals surface area contributed by atoms with Gasteiger partial charge in [-0.3, -0.25) is 19.3 Å². The van der Waals surface area contributed by atoms with Crippen LogP contribution in [-0.4, -0.2) is 92.6 Å². The molecule has 2 atom stereocenters. The zero-order valence-corrected chi connectivity index (χ0v) is 17.0. The van der Waals surface area contributed by atoms with Crippen molar-refractivity contribution in [2.24, 2.45) is 0 Å². The van der Waals surface area contributed by atoms with Crippen molar-refractivity contribution in [1.82, 2.24) is 10.2 Å². The van der Waals surface area contributed by atoms with Crippen molar-refractivity contribution >= 4 is 35.5 Å². The molecule has 1 saturated heterocycles. The van der Waals surface area contributed by atoms with Crippen molar-refractivity contribution in [1.29, 1.82) is 0 Å². The highest BCUT2D eigenvalue weighted by Crippen LogP contribution is 2.40. The number of carbonyl (C=O) groups excluding carboxylic acids is 4. The lowest BCUT2D eigenvalue weighted by atomic mass is 10.0. The van der Waals surface area contributed by atoms with Crippen molar-refractivity contribution in [3.63, 3.8) is 0 Å². The fraction of sp³-hybridized carbons (Fsp3) is 0.647. The number of methoxy groups -OCH3 is 1. The molecular weight excluding hydrogens is 408 g/mol. The van der Waals surface area contributed by atoms with Gasteiger partial charge in [0, 0.05) is 25.4 Å². The molecule has 1 fully saturated rings. The third-order valence-corrected chi connectivity index (χ3v) is 5.38. The van der Waals surface area contributed by atoms with Crippen molar-refractivity contribution in [3.8, 4) is 0 Å². The minimum Gasteiger partial charge on any atom is -0.543 e. The average molecular weight is 431 g/mol. The summed E-state index contributed by atoms with van der Waals surface area (Å²) in [7, 11) is 1.56. The van der Waals surface area contributed by atoms with E-state index in [1.165, 1.54) is 18.7 Å². The average Bonchev–Trinajstić information content (AvgIpc) is 2.68. The van der Waals surface area contributed by atoms with E-state index in [0.29, 0.717) is 19.8 Å². The first-order valence-corrected chi connectivity index (χ1v) is 9.86. The quantitative estimate of drug-likeness (QED) is 0.202. The Labute approximate surface area is 171 Å². The molecule has 2 heterocycles. The number of carboxylic acid groups (broad SMARTS) is 1. The second-order valence-electron chi connectivity index (χ2n) is 6.13. The van der Waals surface area contributed by atoms with Gasteiger partial charge >= 0.3 is 5.97 Å². The number of thioether (sulfide) groups is 1. The number of nitrogens with one attached hydrogen (secondary N) is 1. The van der Waals surface area contributed by atoms with E-state index in [1.807, 2.05) is 0 Å². The lowest BCUT2D eigenvalue weighted by Gasteiger charge is -2.50. The minimum absolute atomic E-state index is 0.205. The van der Waals surface area contributed by atoms with Crippen LogP contribution in [0.15, 0.2) is 11.3 Å². The summed E-state index contributed by atoms with van der Waals surface area (Å²) < 4.78 is 20.0. The summed E-state index contributed by atoms with van der Waals surface area (Å²) in [5, 5.41) is 13.5. The fourth-order valence-corrected chi connectivity index (χ4v) is 4.04. The molecule has 2 aliphatic rings. The van der Waals surface area contributed by atoms with Gasteiger partial charge in [0.25, 0.3) is 5.91 Å². The number of β-lactam (4-membered cyclic amide) rings is 1. The normalized spacial score (nSPS) is 20.8. The molecule has 0 radical (unpaired) electrons. The maximum atomic E-state index is 12.4. The van der Waals surface area contributed by atoms with Crippen LogP contribution < -0.4 is 10.4 Å². The predicted molar refractivity (Wildman–Crippen MR) is 97.2 cm³/mol. The van der Waals surface area contributed by atoms with Crippen LogP contribution in [-0.2, 0) is 38.1 Å². The van der Waals surface area contributed by atoms with Crippen LogP contribution in [0.5, 0.6) is 0 Å². The molecule has 0 aromatic heterocycles. The summed E-state index contributed by atoms with van der Waals surface area (Å²) in [6, 6.07) is -0.862. The molecule has 2 aliphatic heterocycles. The number of ether oxygens (including phenoxy) is 4. The maximum absolute atomic E-state index is 12.4. The standard InChI is InChI=1S/C17H24N2O9S/c1-10(20)28-7-11-9-29-16-13(15(22)19(16)14(11)17(23)24)18-12(21)8-27-6-5-26-4-3-25-2/h13,16H,3-9H2,1-2H3,(H,18,21)(H,23,24)/p-1/t13-,16?/m1/s1. The van der Waals surface area contributed by atoms with Crippen LogP contribution in [0.3, 0.4) is 0 Å². The lowest BCUT2D eigenvalue weighted by Crippen LogP contribution is -2.71. The molecule has 0 spiro atoms. The molecule has 12 heteroatoms. The number of hydrogen-bond donors (Lipinski definition) is 1. The maximum Gasteiger partial charge on any atom is 0.302 e. The summed E-state index contributed by atoms with van der Waals surface area (Å²) in [6.07, 6.45) is 0. The van der Waals surface area contributed by atoms with Gasteiger partial charge < -0.3 is 34.2 Å². The molecule has 0 aliphatic carbocycles. The topological polar surface area (TPSA) is 144 Å². The summed E-state index contributed by atoms with van der Waals surface area (Å²) >= 11 is 1.26. The van der Waals surface area contributed by atoms with Crippen molar-refractivity contribution in [2.45, 2.75) is 18.3 Å². The summed E-state index contributed by atoms with van der Waals surface area (Å²) in [5.74, 6) is -2.94. The van der Waals surface area contributed by atoms with Crippen LogP contribution in [0, 0.1) is 0 Å². The van der Waals surface area contributed by atoms with Crippen LogP contribution >= 0.6 is 11.8 Å². The van der Waals surface area contributed by atoms with E-state index in [1.54, 1.807) is 7.11 Å². The lowest BCUT2D eigenvalue weighted by molar-refractivity contribution is -0.301. The third-order valence-electron chi connectivity index (χ3n) is 4.04. The highest BCUT2D eigenvalue weighted by molar-refractivity contribution is 8.00. The SMILES string of the molecule is COCCOCCOCC(=O)N[C@@H]1C(=O)N2C(C(=O)[O-])=C(COC(C)=O)CSC12. The number of fused-ring (bicyclic) bond motifs is 1. The Kier molecular flexibility index (Phi) is 8.89. The Balaban J connectivity index is 1.83. The van der Waals surface area contributed by atoms with E-state index in [-0.39, 0.29) is 36.8 Å². The van der Waals surface area contributed by atoms with Gasteiger partial charge in [0.15, 0.2) is 0 Å². The van der Waals surface area contributed by atoms with Crippen molar-refractivity contribution in [2.75, 3.05) is 52.5 Å². The van der Waals surface area contributed by atoms with E-state index >= 15 is 0 Å². The molecule has 162 valence electrons. The molecule has 29 heavy (non-hydrogen) atoms. The van der Waals surface area contributed by atoms with E-state index < -0.39 is 35.2 Å². The summed E-state index contributed by atoms with van der Waals surface area (Å²) in [4.78, 5) is 47.9. The summed E-state index contributed by atoms with van der Waals surface area (Å²) in [6.45, 7) is 2.10. The number of hydrogen-bond acceptors (Lipinski definition) is 10. The van der Waals surface area contributed by atoms with Crippen molar-refractivity contribution in [3.05, 3.63) is 11.3 Å². The molecular formula is C17H23N2O9S-. The van der Waals surface area contributed by atoms with Gasteiger partial charge in [-0.15, -0.1) is 11.8 Å². The van der Waals surface area contributed by atoms with Crippen molar-refractivity contribution < 1.29 is 43.2 Å².